The van der Waals surface area contributed by atoms with E-state index >= 15 is 0 Å². The quantitative estimate of drug-likeness (QED) is 0.530. The second kappa shape index (κ2) is 4.67. The summed E-state index contributed by atoms with van der Waals surface area (Å²) >= 11 is 1.00. The van der Waals surface area contributed by atoms with E-state index in [0.717, 1.165) is 23.5 Å². The van der Waals surface area contributed by atoms with Gasteiger partial charge in [-0.25, -0.2) is 13.2 Å². The molecule has 0 unspecified atom stereocenters. The number of furan rings is 1. The molecule has 0 radical (unpaired) electrons. The van der Waals surface area contributed by atoms with Crippen molar-refractivity contribution in [3.8, 4) is 22.2 Å². The highest BCUT2D eigenvalue weighted by Gasteiger charge is 2.20. The molecule has 0 saturated carbocycles. The van der Waals surface area contributed by atoms with Gasteiger partial charge in [0.2, 0.25) is 10.8 Å². The largest absolute Gasteiger partial charge is 0.461 e. The number of nitrogens with zero attached hydrogens (tertiary/aromatic N) is 4. The lowest BCUT2D eigenvalue weighted by Crippen LogP contribution is -1.95. The van der Waals surface area contributed by atoms with Crippen molar-refractivity contribution in [1.29, 1.82) is 0 Å². The predicted octanol–water partition coefficient (Wildman–Crippen LogP) is 3.53. The van der Waals surface area contributed by atoms with Gasteiger partial charge in [-0.15, -0.1) is 10.2 Å². The van der Waals surface area contributed by atoms with Crippen molar-refractivity contribution in [1.82, 2.24) is 19.8 Å². The van der Waals surface area contributed by atoms with Gasteiger partial charge in [0.1, 0.15) is 0 Å². The standard InChI is InChI=1S/C13H5F3N4OS/c14-7-4-3-6(9(15)10(7)16)12-19-20-11(8-2-1-5-21-8)17-18-13(20)22-12/h1-5H. The van der Waals surface area contributed by atoms with E-state index < -0.39 is 17.5 Å². The molecule has 1 aromatic carbocycles. The first kappa shape index (κ1) is 13.0. The second-order valence-electron chi connectivity index (χ2n) is 4.33. The molecule has 0 N–H and O–H groups in total. The fourth-order valence-electron chi connectivity index (χ4n) is 1.98. The molecule has 9 heteroatoms. The van der Waals surface area contributed by atoms with E-state index in [1.54, 1.807) is 12.1 Å². The zero-order chi connectivity index (χ0) is 15.3. The van der Waals surface area contributed by atoms with Crippen LogP contribution in [0.25, 0.3) is 27.1 Å². The second-order valence-corrected chi connectivity index (χ2v) is 5.28. The number of fused-ring (bicyclic) bond motifs is 1. The highest BCUT2D eigenvalue weighted by atomic mass is 32.1. The molecule has 5 nitrogen and oxygen atoms in total. The fraction of sp³-hybridized carbons (Fsp3) is 0. The maximum Gasteiger partial charge on any atom is 0.235 e. The molecule has 0 atom stereocenters. The van der Waals surface area contributed by atoms with Crippen molar-refractivity contribution < 1.29 is 17.6 Å². The van der Waals surface area contributed by atoms with E-state index in [1.165, 1.54) is 10.8 Å². The Morgan fingerprint density at radius 3 is 2.68 bits per heavy atom. The van der Waals surface area contributed by atoms with Crippen LogP contribution in [-0.4, -0.2) is 19.8 Å². The van der Waals surface area contributed by atoms with Gasteiger partial charge in [-0.1, -0.05) is 11.3 Å². The number of aromatic nitrogens is 4. The Hall–Kier alpha value is -2.68. The minimum absolute atomic E-state index is 0.139. The Bertz CT molecular complexity index is 977. The van der Waals surface area contributed by atoms with Crippen molar-refractivity contribution >= 4 is 16.3 Å². The third-order valence-corrected chi connectivity index (χ3v) is 3.93. The summed E-state index contributed by atoms with van der Waals surface area (Å²) < 4.78 is 46.8. The van der Waals surface area contributed by atoms with Crippen LogP contribution in [0.15, 0.2) is 34.9 Å². The molecule has 110 valence electrons. The van der Waals surface area contributed by atoms with Gasteiger partial charge in [-0.3, -0.25) is 0 Å². The van der Waals surface area contributed by atoms with Gasteiger partial charge >= 0.3 is 0 Å². The summed E-state index contributed by atoms with van der Waals surface area (Å²) in [5, 5.41) is 12.1. The molecule has 0 bridgehead atoms. The first-order chi connectivity index (χ1) is 10.6. The molecule has 0 aliphatic rings. The number of hydrogen-bond acceptors (Lipinski definition) is 5. The minimum atomic E-state index is -1.53. The summed E-state index contributed by atoms with van der Waals surface area (Å²) in [6.07, 6.45) is 1.47. The third kappa shape index (κ3) is 1.82. The molecule has 0 fully saturated rings. The first-order valence-electron chi connectivity index (χ1n) is 6.05. The molecule has 0 aliphatic carbocycles. The zero-order valence-corrected chi connectivity index (χ0v) is 11.4. The van der Waals surface area contributed by atoms with Crippen LogP contribution in [0.3, 0.4) is 0 Å². The van der Waals surface area contributed by atoms with E-state index in [4.69, 9.17) is 4.42 Å². The van der Waals surface area contributed by atoms with Crippen LogP contribution in [0.1, 0.15) is 0 Å². The Balaban J connectivity index is 1.89. The van der Waals surface area contributed by atoms with Crippen LogP contribution in [0.2, 0.25) is 0 Å². The maximum absolute atomic E-state index is 13.8. The lowest BCUT2D eigenvalue weighted by atomic mass is 10.2. The lowest BCUT2D eigenvalue weighted by molar-refractivity contribution is 0.449. The van der Waals surface area contributed by atoms with Crippen LogP contribution in [0.5, 0.6) is 0 Å². The van der Waals surface area contributed by atoms with E-state index in [1.807, 2.05) is 0 Å². The number of rotatable bonds is 2. The maximum atomic E-state index is 13.8. The molecular formula is C13H5F3N4OS. The Morgan fingerprint density at radius 2 is 1.91 bits per heavy atom. The number of benzene rings is 1. The summed E-state index contributed by atoms with van der Waals surface area (Å²) in [6, 6.07) is 5.34. The summed E-state index contributed by atoms with van der Waals surface area (Å²) in [5.74, 6) is -3.29. The number of halogens is 3. The van der Waals surface area contributed by atoms with Gasteiger partial charge in [0.15, 0.2) is 28.2 Å². The van der Waals surface area contributed by atoms with Crippen LogP contribution < -0.4 is 0 Å². The normalized spacial score (nSPS) is 11.4. The van der Waals surface area contributed by atoms with Crippen molar-refractivity contribution in [2.45, 2.75) is 0 Å². The average molecular weight is 322 g/mol. The SMILES string of the molecule is Fc1ccc(-c2nn3c(-c4ccco4)nnc3s2)c(F)c1F. The van der Waals surface area contributed by atoms with Gasteiger partial charge in [0, 0.05) is 0 Å². The van der Waals surface area contributed by atoms with Gasteiger partial charge < -0.3 is 4.42 Å². The first-order valence-corrected chi connectivity index (χ1v) is 6.87. The average Bonchev–Trinajstić information content (AvgIpc) is 3.20. The van der Waals surface area contributed by atoms with Crippen molar-refractivity contribution in [2.24, 2.45) is 0 Å². The van der Waals surface area contributed by atoms with E-state index in [9.17, 15) is 13.2 Å². The van der Waals surface area contributed by atoms with Crippen molar-refractivity contribution in [3.05, 3.63) is 48.0 Å². The Kier molecular flexibility index (Phi) is 2.76. The molecule has 22 heavy (non-hydrogen) atoms. The van der Waals surface area contributed by atoms with E-state index in [-0.39, 0.29) is 10.6 Å². The predicted molar refractivity (Wildman–Crippen MR) is 71.7 cm³/mol. The molecule has 0 spiro atoms. The van der Waals surface area contributed by atoms with Crippen molar-refractivity contribution in [2.75, 3.05) is 0 Å². The monoisotopic (exact) mass is 322 g/mol. The van der Waals surface area contributed by atoms with E-state index in [2.05, 4.69) is 15.3 Å². The molecule has 3 heterocycles. The Morgan fingerprint density at radius 1 is 1.05 bits per heavy atom. The van der Waals surface area contributed by atoms with Crippen molar-refractivity contribution in [3.63, 3.8) is 0 Å². The molecular weight excluding hydrogens is 317 g/mol. The highest BCUT2D eigenvalue weighted by molar-refractivity contribution is 7.19. The Labute approximate surface area is 124 Å². The molecule has 4 rings (SSSR count). The highest BCUT2D eigenvalue weighted by Crippen LogP contribution is 2.31. The minimum Gasteiger partial charge on any atom is -0.461 e. The molecule has 4 aromatic rings. The smallest absolute Gasteiger partial charge is 0.235 e. The third-order valence-electron chi connectivity index (χ3n) is 3.00. The molecule has 3 aromatic heterocycles. The molecule has 0 aliphatic heterocycles. The van der Waals surface area contributed by atoms with Gasteiger partial charge in [0.05, 0.1) is 11.8 Å². The van der Waals surface area contributed by atoms with Crippen LogP contribution in [0.4, 0.5) is 13.2 Å². The van der Waals surface area contributed by atoms with Gasteiger partial charge in [0.25, 0.3) is 0 Å². The topological polar surface area (TPSA) is 56.2 Å². The molecule has 0 amide bonds. The van der Waals surface area contributed by atoms with Crippen LogP contribution in [-0.2, 0) is 0 Å². The van der Waals surface area contributed by atoms with Gasteiger partial charge in [-0.05, 0) is 24.3 Å². The lowest BCUT2D eigenvalue weighted by Gasteiger charge is -2.00. The molecule has 0 saturated heterocycles. The van der Waals surface area contributed by atoms with Gasteiger partial charge in [-0.2, -0.15) is 9.61 Å². The summed E-state index contributed by atoms with van der Waals surface area (Å²) in [7, 11) is 0. The van der Waals surface area contributed by atoms with Crippen LogP contribution in [0, 0.1) is 17.5 Å². The van der Waals surface area contributed by atoms with Crippen LogP contribution >= 0.6 is 11.3 Å². The van der Waals surface area contributed by atoms with E-state index in [0.29, 0.717) is 16.5 Å². The fourth-order valence-corrected chi connectivity index (χ4v) is 2.83. The zero-order valence-electron chi connectivity index (χ0n) is 10.6. The summed E-state index contributed by atoms with van der Waals surface area (Å²) in [5.41, 5.74) is -0.139. The number of hydrogen-bond donors (Lipinski definition) is 0. The summed E-state index contributed by atoms with van der Waals surface area (Å²) in [6.45, 7) is 0. The summed E-state index contributed by atoms with van der Waals surface area (Å²) in [4.78, 5) is 0.380.